The standard InChI is InChI=1S/C15H19FN2O2/c1-4-12-8-18-15(20-12)9-17-10(2)11-5-6-14(19-3)13(16)7-11/h5-8,10,17H,4,9H2,1-3H3. The van der Waals surface area contributed by atoms with Gasteiger partial charge in [-0.1, -0.05) is 13.0 Å². The Morgan fingerprint density at radius 3 is 2.85 bits per heavy atom. The van der Waals surface area contributed by atoms with Crippen molar-refractivity contribution < 1.29 is 13.5 Å². The molecule has 2 aromatic rings. The van der Waals surface area contributed by atoms with Crippen LogP contribution in [0.5, 0.6) is 5.75 Å². The molecule has 1 aromatic heterocycles. The highest BCUT2D eigenvalue weighted by Gasteiger charge is 2.10. The van der Waals surface area contributed by atoms with Gasteiger partial charge in [-0.25, -0.2) is 9.37 Å². The number of oxazole rings is 1. The summed E-state index contributed by atoms with van der Waals surface area (Å²) in [5.41, 5.74) is 0.852. The lowest BCUT2D eigenvalue weighted by atomic mass is 10.1. The Morgan fingerprint density at radius 2 is 2.25 bits per heavy atom. The number of rotatable bonds is 6. The summed E-state index contributed by atoms with van der Waals surface area (Å²) in [4.78, 5) is 4.17. The van der Waals surface area contributed by atoms with Crippen LogP contribution in [0.25, 0.3) is 0 Å². The fraction of sp³-hybridized carbons (Fsp3) is 0.400. The largest absolute Gasteiger partial charge is 0.494 e. The summed E-state index contributed by atoms with van der Waals surface area (Å²) in [7, 11) is 1.45. The second kappa shape index (κ2) is 6.52. The van der Waals surface area contributed by atoms with Gasteiger partial charge in [0.25, 0.3) is 0 Å². The van der Waals surface area contributed by atoms with E-state index in [1.54, 1.807) is 12.3 Å². The molecule has 1 heterocycles. The Bertz CT molecular complexity index is 569. The van der Waals surface area contributed by atoms with Crippen molar-refractivity contribution in [2.45, 2.75) is 32.9 Å². The first-order valence-electron chi connectivity index (χ1n) is 6.64. The number of aromatic nitrogens is 1. The summed E-state index contributed by atoms with van der Waals surface area (Å²) in [5, 5.41) is 3.25. The smallest absolute Gasteiger partial charge is 0.208 e. The zero-order chi connectivity index (χ0) is 14.5. The molecule has 108 valence electrons. The molecule has 0 bridgehead atoms. The predicted octanol–water partition coefficient (Wildman–Crippen LogP) is 3.24. The van der Waals surface area contributed by atoms with Gasteiger partial charge >= 0.3 is 0 Å². The predicted molar refractivity (Wildman–Crippen MR) is 74.1 cm³/mol. The Labute approximate surface area is 118 Å². The van der Waals surface area contributed by atoms with Crippen molar-refractivity contribution in [1.29, 1.82) is 0 Å². The maximum atomic E-state index is 13.6. The third-order valence-electron chi connectivity index (χ3n) is 3.19. The first-order chi connectivity index (χ1) is 9.63. The van der Waals surface area contributed by atoms with Crippen LogP contribution in [0.2, 0.25) is 0 Å². The number of halogens is 1. The van der Waals surface area contributed by atoms with E-state index < -0.39 is 0 Å². The Kier molecular flexibility index (Phi) is 4.74. The Hall–Kier alpha value is -1.88. The number of nitrogens with zero attached hydrogens (tertiary/aromatic N) is 1. The minimum Gasteiger partial charge on any atom is -0.494 e. The maximum absolute atomic E-state index is 13.6. The van der Waals surface area contributed by atoms with Crippen molar-refractivity contribution in [3.05, 3.63) is 47.4 Å². The minimum atomic E-state index is -0.358. The fourth-order valence-electron chi connectivity index (χ4n) is 1.90. The van der Waals surface area contributed by atoms with E-state index in [4.69, 9.17) is 9.15 Å². The molecule has 0 fully saturated rings. The van der Waals surface area contributed by atoms with Crippen LogP contribution in [0.1, 0.15) is 37.1 Å². The van der Waals surface area contributed by atoms with Crippen LogP contribution in [0.4, 0.5) is 4.39 Å². The second-order valence-electron chi connectivity index (χ2n) is 4.57. The Morgan fingerprint density at radius 1 is 1.45 bits per heavy atom. The third kappa shape index (κ3) is 3.36. The number of nitrogens with one attached hydrogen (secondary N) is 1. The molecule has 2 rings (SSSR count). The van der Waals surface area contributed by atoms with Crippen molar-refractivity contribution in [3.63, 3.8) is 0 Å². The highest BCUT2D eigenvalue weighted by Crippen LogP contribution is 2.21. The summed E-state index contributed by atoms with van der Waals surface area (Å²) in [6.07, 6.45) is 2.56. The highest BCUT2D eigenvalue weighted by molar-refractivity contribution is 5.30. The van der Waals surface area contributed by atoms with Gasteiger partial charge in [0.2, 0.25) is 5.89 Å². The average Bonchev–Trinajstić information content (AvgIpc) is 2.92. The van der Waals surface area contributed by atoms with Crippen molar-refractivity contribution in [3.8, 4) is 5.75 Å². The number of aryl methyl sites for hydroxylation is 1. The van der Waals surface area contributed by atoms with E-state index in [9.17, 15) is 4.39 Å². The average molecular weight is 278 g/mol. The molecular weight excluding hydrogens is 259 g/mol. The SMILES string of the molecule is CCc1cnc(CNC(C)c2ccc(OC)c(F)c2)o1. The number of methoxy groups -OCH3 is 1. The van der Waals surface area contributed by atoms with Gasteiger partial charge in [0.05, 0.1) is 19.9 Å². The van der Waals surface area contributed by atoms with Gasteiger partial charge in [-0.05, 0) is 24.6 Å². The lowest BCUT2D eigenvalue weighted by molar-refractivity contribution is 0.385. The number of benzene rings is 1. The van der Waals surface area contributed by atoms with E-state index in [1.807, 2.05) is 19.9 Å². The first kappa shape index (κ1) is 14.5. The second-order valence-corrected chi connectivity index (χ2v) is 4.57. The van der Waals surface area contributed by atoms with E-state index in [-0.39, 0.29) is 17.6 Å². The highest BCUT2D eigenvalue weighted by atomic mass is 19.1. The molecule has 0 radical (unpaired) electrons. The van der Waals surface area contributed by atoms with Gasteiger partial charge in [0.15, 0.2) is 11.6 Å². The normalized spacial score (nSPS) is 12.4. The monoisotopic (exact) mass is 278 g/mol. The summed E-state index contributed by atoms with van der Waals surface area (Å²) in [5.74, 6) is 1.40. The fourth-order valence-corrected chi connectivity index (χ4v) is 1.90. The molecule has 0 saturated carbocycles. The number of hydrogen-bond acceptors (Lipinski definition) is 4. The van der Waals surface area contributed by atoms with Gasteiger partial charge in [0.1, 0.15) is 5.76 Å². The lowest BCUT2D eigenvalue weighted by Gasteiger charge is -2.14. The third-order valence-corrected chi connectivity index (χ3v) is 3.19. The van der Waals surface area contributed by atoms with Gasteiger partial charge in [-0.15, -0.1) is 0 Å². The summed E-state index contributed by atoms with van der Waals surface area (Å²) in [6, 6.07) is 4.94. The topological polar surface area (TPSA) is 47.3 Å². The molecule has 0 spiro atoms. The molecule has 1 aromatic carbocycles. The van der Waals surface area contributed by atoms with Gasteiger partial charge in [-0.2, -0.15) is 0 Å². The van der Waals surface area contributed by atoms with E-state index >= 15 is 0 Å². The molecule has 5 heteroatoms. The molecule has 1 unspecified atom stereocenters. The van der Waals surface area contributed by atoms with Crippen LogP contribution in [-0.2, 0) is 13.0 Å². The summed E-state index contributed by atoms with van der Waals surface area (Å²) < 4.78 is 24.1. The van der Waals surface area contributed by atoms with Crippen LogP contribution in [-0.4, -0.2) is 12.1 Å². The van der Waals surface area contributed by atoms with Crippen LogP contribution in [0, 0.1) is 5.82 Å². The molecule has 0 amide bonds. The molecule has 0 aliphatic carbocycles. The van der Waals surface area contributed by atoms with Crippen LogP contribution in [0.3, 0.4) is 0 Å². The molecule has 0 aliphatic rings. The molecule has 0 aliphatic heterocycles. The van der Waals surface area contributed by atoms with E-state index in [0.29, 0.717) is 12.4 Å². The van der Waals surface area contributed by atoms with E-state index in [2.05, 4.69) is 10.3 Å². The quantitative estimate of drug-likeness (QED) is 0.881. The van der Waals surface area contributed by atoms with Gasteiger partial charge in [0, 0.05) is 12.5 Å². The molecule has 4 nitrogen and oxygen atoms in total. The molecule has 20 heavy (non-hydrogen) atoms. The van der Waals surface area contributed by atoms with Gasteiger partial charge in [-0.3, -0.25) is 0 Å². The van der Waals surface area contributed by atoms with Crippen molar-refractivity contribution >= 4 is 0 Å². The zero-order valence-electron chi connectivity index (χ0n) is 11.9. The first-order valence-corrected chi connectivity index (χ1v) is 6.64. The zero-order valence-corrected chi connectivity index (χ0v) is 11.9. The number of ether oxygens (including phenoxy) is 1. The molecule has 0 saturated heterocycles. The van der Waals surface area contributed by atoms with Crippen molar-refractivity contribution in [2.24, 2.45) is 0 Å². The molecular formula is C15H19FN2O2. The van der Waals surface area contributed by atoms with E-state index in [0.717, 1.165) is 17.7 Å². The number of hydrogen-bond donors (Lipinski definition) is 1. The van der Waals surface area contributed by atoms with Crippen LogP contribution < -0.4 is 10.1 Å². The Balaban J connectivity index is 1.97. The van der Waals surface area contributed by atoms with Crippen molar-refractivity contribution in [2.75, 3.05) is 7.11 Å². The summed E-state index contributed by atoms with van der Waals surface area (Å²) >= 11 is 0. The van der Waals surface area contributed by atoms with E-state index in [1.165, 1.54) is 13.2 Å². The lowest BCUT2D eigenvalue weighted by Crippen LogP contribution is -2.18. The maximum Gasteiger partial charge on any atom is 0.208 e. The molecule has 1 atom stereocenters. The molecule has 1 N–H and O–H groups in total. The van der Waals surface area contributed by atoms with Crippen LogP contribution in [0.15, 0.2) is 28.8 Å². The van der Waals surface area contributed by atoms with Gasteiger partial charge < -0.3 is 14.5 Å². The van der Waals surface area contributed by atoms with Crippen molar-refractivity contribution in [1.82, 2.24) is 10.3 Å². The summed E-state index contributed by atoms with van der Waals surface area (Å²) in [6.45, 7) is 4.49. The minimum absolute atomic E-state index is 0.00705. The van der Waals surface area contributed by atoms with Crippen LogP contribution >= 0.6 is 0 Å².